The maximum atomic E-state index is 2.29. The molecule has 0 nitrogen and oxygen atoms in total. The molecule has 2 rings (SSSR count). The zero-order chi connectivity index (χ0) is 11.8. The summed E-state index contributed by atoms with van der Waals surface area (Å²) in [6.45, 7) is 9.11. The fourth-order valence-corrected chi connectivity index (χ4v) is 2.42. The maximum Gasteiger partial charge on any atom is -0.0129 e. The van der Waals surface area contributed by atoms with Gasteiger partial charge in [-0.3, -0.25) is 0 Å². The maximum absolute atomic E-state index is 2.29. The van der Waals surface area contributed by atoms with Crippen LogP contribution in [-0.4, -0.2) is 0 Å². The van der Waals surface area contributed by atoms with Crippen molar-refractivity contribution in [1.29, 1.82) is 0 Å². The molecule has 0 heterocycles. The first-order chi connectivity index (χ1) is 7.54. The van der Waals surface area contributed by atoms with Crippen molar-refractivity contribution in [2.45, 2.75) is 39.5 Å². The molecule has 0 aromatic heterocycles. The molecule has 0 unspecified atom stereocenters. The van der Waals surface area contributed by atoms with Crippen LogP contribution in [0.25, 0.3) is 10.8 Å². The molecule has 84 valence electrons. The van der Waals surface area contributed by atoms with E-state index in [0.717, 1.165) is 6.42 Å². The van der Waals surface area contributed by atoms with Gasteiger partial charge in [-0.15, -0.1) is 0 Å². The first kappa shape index (κ1) is 11.2. The zero-order valence-electron chi connectivity index (χ0n) is 10.7. The topological polar surface area (TPSA) is 0 Å². The third kappa shape index (κ3) is 1.84. The monoisotopic (exact) mass is 212 g/mol. The number of hydrogen-bond donors (Lipinski definition) is 0. The highest BCUT2D eigenvalue weighted by atomic mass is 14.2. The molecular formula is C16H20. The fourth-order valence-electron chi connectivity index (χ4n) is 2.42. The SMILES string of the molecule is CCc1c(C(C)(C)C)ccc2ccccc12. The number of benzene rings is 2. The molecule has 0 radical (unpaired) electrons. The summed E-state index contributed by atoms with van der Waals surface area (Å²) in [4.78, 5) is 0. The fraction of sp³-hybridized carbons (Fsp3) is 0.375. The van der Waals surface area contributed by atoms with E-state index in [-0.39, 0.29) is 5.41 Å². The summed E-state index contributed by atoms with van der Waals surface area (Å²) in [5.74, 6) is 0. The average molecular weight is 212 g/mol. The second-order valence-electron chi connectivity index (χ2n) is 5.42. The van der Waals surface area contributed by atoms with E-state index in [0.29, 0.717) is 0 Å². The summed E-state index contributed by atoms with van der Waals surface area (Å²) in [6.07, 6.45) is 1.11. The van der Waals surface area contributed by atoms with Gasteiger partial charge in [0.05, 0.1) is 0 Å². The second kappa shape index (κ2) is 3.93. The summed E-state index contributed by atoms with van der Waals surface area (Å²) in [5, 5.41) is 2.77. The van der Waals surface area contributed by atoms with Gasteiger partial charge in [-0.25, -0.2) is 0 Å². The van der Waals surface area contributed by atoms with Crippen molar-refractivity contribution in [3.8, 4) is 0 Å². The predicted octanol–water partition coefficient (Wildman–Crippen LogP) is 4.70. The first-order valence-electron chi connectivity index (χ1n) is 6.05. The highest BCUT2D eigenvalue weighted by molar-refractivity contribution is 5.87. The van der Waals surface area contributed by atoms with Crippen LogP contribution < -0.4 is 0 Å². The predicted molar refractivity (Wildman–Crippen MR) is 72.0 cm³/mol. The standard InChI is InChI=1S/C16H20/c1-5-13-14-9-7-6-8-12(14)10-11-15(13)16(2,3)4/h6-11H,5H2,1-4H3. The van der Waals surface area contributed by atoms with Gasteiger partial charge >= 0.3 is 0 Å². The Morgan fingerprint density at radius 1 is 0.938 bits per heavy atom. The van der Waals surface area contributed by atoms with E-state index >= 15 is 0 Å². The molecule has 0 fully saturated rings. The molecular weight excluding hydrogens is 192 g/mol. The van der Waals surface area contributed by atoms with E-state index < -0.39 is 0 Å². The Labute approximate surface area is 98.3 Å². The number of rotatable bonds is 1. The highest BCUT2D eigenvalue weighted by Gasteiger charge is 2.18. The zero-order valence-corrected chi connectivity index (χ0v) is 10.7. The van der Waals surface area contributed by atoms with Crippen LogP contribution in [0.4, 0.5) is 0 Å². The van der Waals surface area contributed by atoms with E-state index in [1.807, 2.05) is 0 Å². The van der Waals surface area contributed by atoms with E-state index in [1.165, 1.54) is 21.9 Å². The van der Waals surface area contributed by atoms with E-state index in [2.05, 4.69) is 64.1 Å². The summed E-state index contributed by atoms with van der Waals surface area (Å²) < 4.78 is 0. The minimum atomic E-state index is 0.232. The van der Waals surface area contributed by atoms with Crippen molar-refractivity contribution < 1.29 is 0 Å². The van der Waals surface area contributed by atoms with Crippen molar-refractivity contribution in [1.82, 2.24) is 0 Å². The van der Waals surface area contributed by atoms with Gasteiger partial charge in [-0.2, -0.15) is 0 Å². The Hall–Kier alpha value is -1.30. The Morgan fingerprint density at radius 2 is 1.62 bits per heavy atom. The van der Waals surface area contributed by atoms with Gasteiger partial charge in [0.1, 0.15) is 0 Å². The largest absolute Gasteiger partial charge is 0.0616 e. The third-order valence-electron chi connectivity index (χ3n) is 3.20. The molecule has 0 spiro atoms. The minimum absolute atomic E-state index is 0.232. The molecule has 0 aliphatic carbocycles. The normalized spacial score (nSPS) is 12.0. The number of aryl methyl sites for hydroxylation is 1. The Balaban J connectivity index is 2.78. The van der Waals surface area contributed by atoms with Gasteiger partial charge in [0.25, 0.3) is 0 Å². The lowest BCUT2D eigenvalue weighted by atomic mass is 9.81. The Kier molecular flexibility index (Phi) is 2.75. The summed E-state index contributed by atoms with van der Waals surface area (Å²) >= 11 is 0. The molecule has 0 amide bonds. The van der Waals surface area contributed by atoms with Crippen LogP contribution in [0.2, 0.25) is 0 Å². The van der Waals surface area contributed by atoms with E-state index in [9.17, 15) is 0 Å². The molecule has 2 aromatic rings. The Bertz CT molecular complexity index is 501. The van der Waals surface area contributed by atoms with Gasteiger partial charge in [0, 0.05) is 0 Å². The van der Waals surface area contributed by atoms with Crippen LogP contribution in [0, 0.1) is 0 Å². The first-order valence-corrected chi connectivity index (χ1v) is 6.05. The molecule has 0 saturated carbocycles. The number of fused-ring (bicyclic) bond motifs is 1. The second-order valence-corrected chi connectivity index (χ2v) is 5.42. The van der Waals surface area contributed by atoms with Crippen LogP contribution in [0.1, 0.15) is 38.8 Å². The van der Waals surface area contributed by atoms with Gasteiger partial charge in [-0.05, 0) is 33.7 Å². The smallest absolute Gasteiger partial charge is 0.0129 e. The molecule has 0 aliphatic rings. The molecule has 0 aliphatic heterocycles. The van der Waals surface area contributed by atoms with Crippen LogP contribution in [0.5, 0.6) is 0 Å². The molecule has 16 heavy (non-hydrogen) atoms. The lowest BCUT2D eigenvalue weighted by molar-refractivity contribution is 0.584. The van der Waals surface area contributed by atoms with Crippen molar-refractivity contribution in [2.75, 3.05) is 0 Å². The molecule has 2 aromatic carbocycles. The van der Waals surface area contributed by atoms with Crippen LogP contribution in [0.3, 0.4) is 0 Å². The van der Waals surface area contributed by atoms with Gasteiger partial charge in [0.15, 0.2) is 0 Å². The third-order valence-corrected chi connectivity index (χ3v) is 3.20. The van der Waals surface area contributed by atoms with Crippen molar-refractivity contribution in [3.05, 3.63) is 47.5 Å². The van der Waals surface area contributed by atoms with Crippen LogP contribution >= 0.6 is 0 Å². The quantitative estimate of drug-likeness (QED) is 0.642. The molecule has 0 saturated heterocycles. The van der Waals surface area contributed by atoms with E-state index in [1.54, 1.807) is 0 Å². The summed E-state index contributed by atoms with van der Waals surface area (Å²) in [6, 6.07) is 13.2. The average Bonchev–Trinajstić information content (AvgIpc) is 2.26. The van der Waals surface area contributed by atoms with Gasteiger partial charge in [-0.1, -0.05) is 64.1 Å². The minimum Gasteiger partial charge on any atom is -0.0616 e. The van der Waals surface area contributed by atoms with Crippen molar-refractivity contribution >= 4 is 10.8 Å². The van der Waals surface area contributed by atoms with Gasteiger partial charge in [0.2, 0.25) is 0 Å². The van der Waals surface area contributed by atoms with E-state index in [4.69, 9.17) is 0 Å². The van der Waals surface area contributed by atoms with Gasteiger partial charge < -0.3 is 0 Å². The van der Waals surface area contributed by atoms with Crippen LogP contribution in [-0.2, 0) is 11.8 Å². The van der Waals surface area contributed by atoms with Crippen molar-refractivity contribution in [2.24, 2.45) is 0 Å². The van der Waals surface area contributed by atoms with Crippen LogP contribution in [0.15, 0.2) is 36.4 Å². The lowest BCUT2D eigenvalue weighted by Crippen LogP contribution is -2.14. The molecule has 0 N–H and O–H groups in total. The molecule has 0 bridgehead atoms. The molecule has 0 atom stereocenters. The number of hydrogen-bond acceptors (Lipinski definition) is 0. The summed E-state index contributed by atoms with van der Waals surface area (Å²) in [5.41, 5.74) is 3.22. The highest BCUT2D eigenvalue weighted by Crippen LogP contribution is 2.31. The lowest BCUT2D eigenvalue weighted by Gasteiger charge is -2.24. The summed E-state index contributed by atoms with van der Waals surface area (Å²) in [7, 11) is 0. The Morgan fingerprint density at radius 3 is 2.25 bits per heavy atom. The molecule has 0 heteroatoms. The van der Waals surface area contributed by atoms with Crippen molar-refractivity contribution in [3.63, 3.8) is 0 Å².